The van der Waals surface area contributed by atoms with Gasteiger partial charge >= 0.3 is 0 Å². The zero-order valence-electron chi connectivity index (χ0n) is 10.1. The summed E-state index contributed by atoms with van der Waals surface area (Å²) in [5.74, 6) is 3.08. The smallest absolute Gasteiger partial charge is 0.239 e. The molecule has 2 aliphatic carbocycles. The van der Waals surface area contributed by atoms with E-state index in [4.69, 9.17) is 0 Å². The van der Waals surface area contributed by atoms with Gasteiger partial charge in [-0.15, -0.1) is 0 Å². The van der Waals surface area contributed by atoms with E-state index in [0.29, 0.717) is 5.91 Å². The normalized spacial score (nSPS) is 30.5. The van der Waals surface area contributed by atoms with E-state index in [0.717, 1.165) is 37.3 Å². The van der Waals surface area contributed by atoms with Crippen LogP contribution in [0.4, 0.5) is 0 Å². The van der Waals surface area contributed by atoms with Gasteiger partial charge in [0.1, 0.15) is 0 Å². The Morgan fingerprint density at radius 3 is 2.31 bits per heavy atom. The van der Waals surface area contributed by atoms with Crippen LogP contribution in [0.15, 0.2) is 0 Å². The standard InChI is InChI=1S/C13H22N2O/c1-14-12-6-7-15(13(12)16)8-11(9-2-3-9)10-4-5-10/h9-12,14H,2-8H2,1H3. The van der Waals surface area contributed by atoms with E-state index < -0.39 is 0 Å². The van der Waals surface area contributed by atoms with Gasteiger partial charge < -0.3 is 10.2 Å². The predicted molar refractivity (Wildman–Crippen MR) is 63.0 cm³/mol. The van der Waals surface area contributed by atoms with Gasteiger partial charge in [0.2, 0.25) is 5.91 Å². The molecule has 0 aromatic rings. The molecule has 1 heterocycles. The summed E-state index contributed by atoms with van der Waals surface area (Å²) in [6.07, 6.45) is 6.66. The highest BCUT2D eigenvalue weighted by Crippen LogP contribution is 2.49. The molecule has 90 valence electrons. The Morgan fingerprint density at radius 1 is 1.25 bits per heavy atom. The molecule has 3 aliphatic rings. The van der Waals surface area contributed by atoms with E-state index >= 15 is 0 Å². The minimum Gasteiger partial charge on any atom is -0.341 e. The van der Waals surface area contributed by atoms with Crippen molar-refractivity contribution in [3.05, 3.63) is 0 Å². The molecule has 16 heavy (non-hydrogen) atoms. The van der Waals surface area contributed by atoms with Crippen LogP contribution < -0.4 is 5.32 Å². The molecule has 0 radical (unpaired) electrons. The summed E-state index contributed by atoms with van der Waals surface area (Å²) in [4.78, 5) is 14.1. The van der Waals surface area contributed by atoms with Crippen LogP contribution in [0, 0.1) is 17.8 Å². The second kappa shape index (κ2) is 4.02. The highest BCUT2D eigenvalue weighted by atomic mass is 16.2. The van der Waals surface area contributed by atoms with Crippen molar-refractivity contribution in [1.82, 2.24) is 10.2 Å². The number of likely N-dealkylation sites (N-methyl/N-ethyl adjacent to an activating group) is 1. The summed E-state index contributed by atoms with van der Waals surface area (Å²) in [6, 6.07) is 0.0963. The summed E-state index contributed by atoms with van der Waals surface area (Å²) >= 11 is 0. The number of amides is 1. The molecule has 0 spiro atoms. The van der Waals surface area contributed by atoms with E-state index in [1.807, 2.05) is 7.05 Å². The third kappa shape index (κ3) is 1.97. The molecular formula is C13H22N2O. The van der Waals surface area contributed by atoms with Gasteiger partial charge in [0.15, 0.2) is 0 Å². The van der Waals surface area contributed by atoms with Gasteiger partial charge in [-0.05, 0) is 56.9 Å². The molecule has 1 atom stereocenters. The van der Waals surface area contributed by atoms with E-state index in [9.17, 15) is 4.79 Å². The Bertz CT molecular complexity index is 272. The Labute approximate surface area is 97.6 Å². The lowest BCUT2D eigenvalue weighted by atomic mass is 9.97. The van der Waals surface area contributed by atoms with Gasteiger partial charge in [-0.2, -0.15) is 0 Å². The van der Waals surface area contributed by atoms with Crippen molar-refractivity contribution in [2.45, 2.75) is 38.1 Å². The molecule has 0 aromatic heterocycles. The minimum atomic E-state index is 0.0963. The number of carbonyl (C=O) groups excluding carboxylic acids is 1. The summed E-state index contributed by atoms with van der Waals surface area (Å²) in [6.45, 7) is 2.02. The van der Waals surface area contributed by atoms with Crippen LogP contribution in [0.3, 0.4) is 0 Å². The van der Waals surface area contributed by atoms with Crippen molar-refractivity contribution < 1.29 is 4.79 Å². The summed E-state index contributed by atoms with van der Waals surface area (Å²) < 4.78 is 0. The number of nitrogens with one attached hydrogen (secondary N) is 1. The molecule has 3 nitrogen and oxygen atoms in total. The van der Waals surface area contributed by atoms with Gasteiger partial charge in [-0.25, -0.2) is 0 Å². The van der Waals surface area contributed by atoms with E-state index in [1.165, 1.54) is 25.7 Å². The molecule has 3 fully saturated rings. The van der Waals surface area contributed by atoms with E-state index in [-0.39, 0.29) is 6.04 Å². The largest absolute Gasteiger partial charge is 0.341 e. The molecule has 3 rings (SSSR count). The SMILES string of the molecule is CNC1CCN(CC(C2CC2)C2CC2)C1=O. The molecule has 2 saturated carbocycles. The first kappa shape index (κ1) is 10.6. The topological polar surface area (TPSA) is 32.3 Å². The Morgan fingerprint density at radius 2 is 1.88 bits per heavy atom. The van der Waals surface area contributed by atoms with Gasteiger partial charge in [0.05, 0.1) is 6.04 Å². The van der Waals surface area contributed by atoms with Gasteiger partial charge in [-0.1, -0.05) is 0 Å². The van der Waals surface area contributed by atoms with E-state index in [1.54, 1.807) is 0 Å². The molecule has 1 amide bonds. The fraction of sp³-hybridized carbons (Fsp3) is 0.923. The van der Waals surface area contributed by atoms with Gasteiger partial charge in [0, 0.05) is 13.1 Å². The zero-order valence-corrected chi connectivity index (χ0v) is 10.1. The zero-order chi connectivity index (χ0) is 11.1. The van der Waals surface area contributed by atoms with Crippen molar-refractivity contribution >= 4 is 5.91 Å². The van der Waals surface area contributed by atoms with Crippen LogP contribution in [-0.4, -0.2) is 37.0 Å². The molecule has 1 N–H and O–H groups in total. The maximum atomic E-state index is 12.0. The maximum Gasteiger partial charge on any atom is 0.239 e. The number of nitrogens with zero attached hydrogens (tertiary/aromatic N) is 1. The lowest BCUT2D eigenvalue weighted by Gasteiger charge is -2.24. The second-order valence-electron chi connectivity index (χ2n) is 5.75. The van der Waals surface area contributed by atoms with Gasteiger partial charge in [0.25, 0.3) is 0 Å². The summed E-state index contributed by atoms with van der Waals surface area (Å²) in [7, 11) is 1.89. The fourth-order valence-corrected chi connectivity index (χ4v) is 3.17. The quantitative estimate of drug-likeness (QED) is 0.759. The third-order valence-electron chi connectivity index (χ3n) is 4.53. The molecule has 1 saturated heterocycles. The fourth-order valence-electron chi connectivity index (χ4n) is 3.17. The first-order chi connectivity index (χ1) is 7.79. The highest BCUT2D eigenvalue weighted by Gasteiger charge is 2.43. The summed E-state index contributed by atoms with van der Waals surface area (Å²) in [5, 5.41) is 3.12. The Kier molecular flexibility index (Phi) is 2.66. The maximum absolute atomic E-state index is 12.0. The lowest BCUT2D eigenvalue weighted by molar-refractivity contribution is -0.130. The second-order valence-corrected chi connectivity index (χ2v) is 5.75. The first-order valence-corrected chi connectivity index (χ1v) is 6.75. The molecule has 0 bridgehead atoms. The molecule has 3 heteroatoms. The Hall–Kier alpha value is -0.570. The Balaban J connectivity index is 1.59. The van der Waals surface area contributed by atoms with Crippen LogP contribution in [0.2, 0.25) is 0 Å². The average molecular weight is 222 g/mol. The van der Waals surface area contributed by atoms with Crippen LogP contribution >= 0.6 is 0 Å². The lowest BCUT2D eigenvalue weighted by Crippen LogP contribution is -2.39. The minimum absolute atomic E-state index is 0.0963. The number of hydrogen-bond donors (Lipinski definition) is 1. The monoisotopic (exact) mass is 222 g/mol. The van der Waals surface area contributed by atoms with Crippen molar-refractivity contribution in [2.24, 2.45) is 17.8 Å². The average Bonchev–Trinajstić information content (AvgIpc) is 3.15. The van der Waals surface area contributed by atoms with Crippen molar-refractivity contribution in [1.29, 1.82) is 0 Å². The highest BCUT2D eigenvalue weighted by molar-refractivity contribution is 5.83. The van der Waals surface area contributed by atoms with Crippen LogP contribution in [0.5, 0.6) is 0 Å². The molecule has 0 aromatic carbocycles. The van der Waals surface area contributed by atoms with Crippen LogP contribution in [-0.2, 0) is 4.79 Å². The number of rotatable bonds is 5. The van der Waals surface area contributed by atoms with Gasteiger partial charge in [-0.3, -0.25) is 4.79 Å². The summed E-state index contributed by atoms with van der Waals surface area (Å²) in [5.41, 5.74) is 0. The van der Waals surface area contributed by atoms with Crippen LogP contribution in [0.1, 0.15) is 32.1 Å². The van der Waals surface area contributed by atoms with Crippen molar-refractivity contribution in [2.75, 3.05) is 20.1 Å². The predicted octanol–water partition coefficient (Wildman–Crippen LogP) is 1.24. The molecular weight excluding hydrogens is 200 g/mol. The number of carbonyl (C=O) groups is 1. The first-order valence-electron chi connectivity index (χ1n) is 6.75. The van der Waals surface area contributed by atoms with Crippen LogP contribution in [0.25, 0.3) is 0 Å². The number of likely N-dealkylation sites (tertiary alicyclic amines) is 1. The number of hydrogen-bond acceptors (Lipinski definition) is 2. The third-order valence-corrected chi connectivity index (χ3v) is 4.53. The van der Waals surface area contributed by atoms with Crippen molar-refractivity contribution in [3.63, 3.8) is 0 Å². The van der Waals surface area contributed by atoms with E-state index in [2.05, 4.69) is 10.2 Å². The van der Waals surface area contributed by atoms with Crippen molar-refractivity contribution in [3.8, 4) is 0 Å². The molecule has 1 aliphatic heterocycles. The molecule has 1 unspecified atom stereocenters.